The minimum absolute atomic E-state index is 0.0521. The number of rotatable bonds is 4. The third-order valence-electron chi connectivity index (χ3n) is 3.27. The first-order chi connectivity index (χ1) is 11.0. The molecule has 0 radical (unpaired) electrons. The second-order valence-corrected chi connectivity index (χ2v) is 5.34. The van der Waals surface area contributed by atoms with Crippen LogP contribution in [0, 0.1) is 0 Å². The number of fused-ring (bicyclic) bond motifs is 1. The SMILES string of the molecule is CC(C)Oc1ccc(-c2cc(=O)n3ncc(C(=O)O)c3[nH]2)cc1. The molecule has 0 bridgehead atoms. The number of carboxylic acid groups (broad SMARTS) is 1. The molecule has 2 heterocycles. The average molecular weight is 313 g/mol. The Kier molecular flexibility index (Phi) is 3.61. The fraction of sp³-hybridized carbons (Fsp3) is 0.188. The molecule has 118 valence electrons. The van der Waals surface area contributed by atoms with Gasteiger partial charge >= 0.3 is 5.97 Å². The molecule has 0 atom stereocenters. The van der Waals surface area contributed by atoms with Crippen LogP contribution in [-0.2, 0) is 0 Å². The molecule has 2 aromatic heterocycles. The number of nitrogens with one attached hydrogen (secondary N) is 1. The molecule has 23 heavy (non-hydrogen) atoms. The van der Waals surface area contributed by atoms with Gasteiger partial charge < -0.3 is 14.8 Å². The van der Waals surface area contributed by atoms with E-state index in [1.54, 1.807) is 24.3 Å². The van der Waals surface area contributed by atoms with Gasteiger partial charge in [0, 0.05) is 6.07 Å². The topological polar surface area (TPSA) is 96.7 Å². The van der Waals surface area contributed by atoms with Gasteiger partial charge in [0.15, 0.2) is 5.65 Å². The molecule has 3 rings (SSSR count). The smallest absolute Gasteiger partial charge is 0.341 e. The Labute approximate surface area is 131 Å². The Morgan fingerprint density at radius 1 is 1.30 bits per heavy atom. The predicted molar refractivity (Wildman–Crippen MR) is 84.0 cm³/mol. The Morgan fingerprint density at radius 3 is 2.61 bits per heavy atom. The van der Waals surface area contributed by atoms with Crippen molar-refractivity contribution in [2.24, 2.45) is 0 Å². The number of hydrogen-bond donors (Lipinski definition) is 2. The second-order valence-electron chi connectivity index (χ2n) is 5.34. The van der Waals surface area contributed by atoms with E-state index < -0.39 is 11.5 Å². The van der Waals surface area contributed by atoms with Crippen LogP contribution in [0.4, 0.5) is 0 Å². The zero-order chi connectivity index (χ0) is 16.6. The van der Waals surface area contributed by atoms with Crippen LogP contribution in [0.15, 0.2) is 41.3 Å². The number of aromatic amines is 1. The van der Waals surface area contributed by atoms with E-state index >= 15 is 0 Å². The van der Waals surface area contributed by atoms with Crippen molar-refractivity contribution in [2.75, 3.05) is 0 Å². The molecule has 7 heteroatoms. The second kappa shape index (κ2) is 5.60. The molecule has 0 amide bonds. The zero-order valence-corrected chi connectivity index (χ0v) is 12.6. The number of nitrogens with zero attached hydrogens (tertiary/aromatic N) is 2. The van der Waals surface area contributed by atoms with Crippen molar-refractivity contribution in [3.8, 4) is 17.0 Å². The maximum Gasteiger partial charge on any atom is 0.341 e. The molecule has 2 N–H and O–H groups in total. The number of ether oxygens (including phenoxy) is 1. The van der Waals surface area contributed by atoms with Gasteiger partial charge in [0.25, 0.3) is 5.56 Å². The number of aromatic carboxylic acids is 1. The third-order valence-corrected chi connectivity index (χ3v) is 3.27. The van der Waals surface area contributed by atoms with E-state index in [2.05, 4.69) is 10.1 Å². The molecule has 0 saturated carbocycles. The van der Waals surface area contributed by atoms with Crippen LogP contribution in [0.2, 0.25) is 0 Å². The van der Waals surface area contributed by atoms with Gasteiger partial charge in [-0.1, -0.05) is 0 Å². The highest BCUT2D eigenvalue weighted by molar-refractivity contribution is 5.94. The van der Waals surface area contributed by atoms with Gasteiger partial charge in [0.2, 0.25) is 0 Å². The molecule has 0 saturated heterocycles. The summed E-state index contributed by atoms with van der Waals surface area (Å²) in [6, 6.07) is 8.58. The van der Waals surface area contributed by atoms with Gasteiger partial charge in [-0.05, 0) is 43.7 Å². The van der Waals surface area contributed by atoms with Crippen molar-refractivity contribution in [1.29, 1.82) is 0 Å². The Balaban J connectivity index is 2.07. The first-order valence-electron chi connectivity index (χ1n) is 7.07. The lowest BCUT2D eigenvalue weighted by Gasteiger charge is -2.10. The molecule has 3 aromatic rings. The highest BCUT2D eigenvalue weighted by Gasteiger charge is 2.14. The molecule has 0 fully saturated rings. The van der Waals surface area contributed by atoms with Gasteiger partial charge in [-0.25, -0.2) is 4.79 Å². The summed E-state index contributed by atoms with van der Waals surface area (Å²) in [5.74, 6) is -0.420. The molecule has 0 aliphatic rings. The first kappa shape index (κ1) is 14.8. The lowest BCUT2D eigenvalue weighted by atomic mass is 10.1. The van der Waals surface area contributed by atoms with E-state index in [0.717, 1.165) is 22.0 Å². The van der Waals surface area contributed by atoms with Gasteiger partial charge in [-0.2, -0.15) is 9.61 Å². The number of benzene rings is 1. The van der Waals surface area contributed by atoms with Gasteiger partial charge in [0.05, 0.1) is 18.0 Å². The highest BCUT2D eigenvalue weighted by Crippen LogP contribution is 2.21. The van der Waals surface area contributed by atoms with Crippen LogP contribution in [0.1, 0.15) is 24.2 Å². The molecule has 0 aliphatic carbocycles. The standard InChI is InChI=1S/C16H15N3O4/c1-9(2)23-11-5-3-10(4-6-11)13-7-14(20)19-15(18-13)12(8-17-19)16(21)22/h3-9,18H,1-2H3,(H,21,22). The molecule has 0 unspecified atom stereocenters. The van der Waals surface area contributed by atoms with Crippen LogP contribution in [0.5, 0.6) is 5.75 Å². The molecular formula is C16H15N3O4. The van der Waals surface area contributed by atoms with Crippen LogP contribution < -0.4 is 10.3 Å². The van der Waals surface area contributed by atoms with Crippen molar-refractivity contribution in [3.05, 3.63) is 52.4 Å². The Hall–Kier alpha value is -3.09. The molecule has 0 spiro atoms. The van der Waals surface area contributed by atoms with Gasteiger partial charge in [-0.3, -0.25) is 4.79 Å². The van der Waals surface area contributed by atoms with E-state index in [0.29, 0.717) is 5.69 Å². The van der Waals surface area contributed by atoms with Crippen molar-refractivity contribution >= 4 is 11.6 Å². The van der Waals surface area contributed by atoms with Gasteiger partial charge in [-0.15, -0.1) is 0 Å². The van der Waals surface area contributed by atoms with Crippen molar-refractivity contribution < 1.29 is 14.6 Å². The molecule has 0 aliphatic heterocycles. The lowest BCUT2D eigenvalue weighted by Crippen LogP contribution is -2.15. The van der Waals surface area contributed by atoms with E-state index in [4.69, 9.17) is 9.84 Å². The van der Waals surface area contributed by atoms with E-state index in [1.807, 2.05) is 13.8 Å². The maximum atomic E-state index is 12.1. The van der Waals surface area contributed by atoms with Crippen LogP contribution in [-0.4, -0.2) is 31.8 Å². The minimum Gasteiger partial charge on any atom is -0.491 e. The fourth-order valence-electron chi connectivity index (χ4n) is 2.28. The van der Waals surface area contributed by atoms with E-state index in [9.17, 15) is 9.59 Å². The van der Waals surface area contributed by atoms with Crippen LogP contribution in [0.25, 0.3) is 16.9 Å². The maximum absolute atomic E-state index is 12.1. The van der Waals surface area contributed by atoms with Crippen molar-refractivity contribution in [3.63, 3.8) is 0 Å². The Morgan fingerprint density at radius 2 is 2.00 bits per heavy atom. The largest absolute Gasteiger partial charge is 0.491 e. The molecule has 1 aromatic carbocycles. The normalized spacial score (nSPS) is 11.1. The third kappa shape index (κ3) is 2.80. The summed E-state index contributed by atoms with van der Waals surface area (Å²) in [4.78, 5) is 26.2. The summed E-state index contributed by atoms with van der Waals surface area (Å²) in [7, 11) is 0. The molecule has 7 nitrogen and oxygen atoms in total. The molecular weight excluding hydrogens is 298 g/mol. The quantitative estimate of drug-likeness (QED) is 0.769. The monoisotopic (exact) mass is 313 g/mol. The predicted octanol–water partition coefficient (Wildman–Crippen LogP) is 2.17. The summed E-state index contributed by atoms with van der Waals surface area (Å²) in [5, 5.41) is 12.9. The lowest BCUT2D eigenvalue weighted by molar-refractivity contribution is 0.0698. The van der Waals surface area contributed by atoms with Gasteiger partial charge in [0.1, 0.15) is 11.3 Å². The summed E-state index contributed by atoms with van der Waals surface area (Å²) in [6.07, 6.45) is 1.22. The van der Waals surface area contributed by atoms with Crippen molar-refractivity contribution in [2.45, 2.75) is 20.0 Å². The number of hydrogen-bond acceptors (Lipinski definition) is 4. The Bertz CT molecular complexity index is 923. The summed E-state index contributed by atoms with van der Waals surface area (Å²) >= 11 is 0. The number of carbonyl (C=O) groups is 1. The highest BCUT2D eigenvalue weighted by atomic mass is 16.5. The number of H-pyrrole nitrogens is 1. The van der Waals surface area contributed by atoms with E-state index in [-0.39, 0.29) is 17.3 Å². The summed E-state index contributed by atoms with van der Waals surface area (Å²) < 4.78 is 6.60. The number of carboxylic acids is 1. The van der Waals surface area contributed by atoms with Crippen LogP contribution in [0.3, 0.4) is 0 Å². The minimum atomic E-state index is -1.14. The fourth-order valence-corrected chi connectivity index (χ4v) is 2.28. The summed E-state index contributed by atoms with van der Waals surface area (Å²) in [5.41, 5.74) is 0.967. The zero-order valence-electron chi connectivity index (χ0n) is 12.6. The van der Waals surface area contributed by atoms with Crippen LogP contribution >= 0.6 is 0 Å². The summed E-state index contributed by atoms with van der Waals surface area (Å²) in [6.45, 7) is 3.87. The van der Waals surface area contributed by atoms with Crippen molar-refractivity contribution in [1.82, 2.24) is 14.6 Å². The average Bonchev–Trinajstić information content (AvgIpc) is 2.92. The number of aromatic nitrogens is 3. The first-order valence-corrected chi connectivity index (χ1v) is 7.07. The van der Waals surface area contributed by atoms with E-state index in [1.165, 1.54) is 6.07 Å².